The molecule has 0 unspecified atom stereocenters. The standard InChI is InChI=1S/C15H11BrClNO2/c16-13-3-1-2-11(8-19)15(13)20-9-12-5-4-10(7-18)6-14(12)17/h1-6,19H,8-9H2. The fourth-order valence-electron chi connectivity index (χ4n) is 1.72. The summed E-state index contributed by atoms with van der Waals surface area (Å²) >= 11 is 9.49. The lowest BCUT2D eigenvalue weighted by molar-refractivity contribution is 0.258. The van der Waals surface area contributed by atoms with Gasteiger partial charge in [-0.05, 0) is 34.1 Å². The zero-order chi connectivity index (χ0) is 14.5. The number of hydrogen-bond donors (Lipinski definition) is 1. The van der Waals surface area contributed by atoms with Gasteiger partial charge in [0.05, 0.1) is 22.7 Å². The summed E-state index contributed by atoms with van der Waals surface area (Å²) in [5.41, 5.74) is 1.99. The molecular weight excluding hydrogens is 342 g/mol. The molecule has 5 heteroatoms. The predicted octanol–water partition coefficient (Wildman–Crippen LogP) is 4.05. The van der Waals surface area contributed by atoms with Crippen molar-refractivity contribution in [3.05, 3.63) is 62.6 Å². The van der Waals surface area contributed by atoms with Gasteiger partial charge in [-0.3, -0.25) is 0 Å². The SMILES string of the molecule is N#Cc1ccc(COc2c(Br)cccc2CO)c(Cl)c1. The Bertz CT molecular complexity index is 667. The summed E-state index contributed by atoms with van der Waals surface area (Å²) in [5.74, 6) is 0.593. The van der Waals surface area contributed by atoms with Gasteiger partial charge in [0.2, 0.25) is 0 Å². The maximum atomic E-state index is 9.30. The molecule has 0 saturated heterocycles. The molecule has 0 fully saturated rings. The summed E-state index contributed by atoms with van der Waals surface area (Å²) in [6.45, 7) is 0.163. The third kappa shape index (κ3) is 3.31. The normalized spacial score (nSPS) is 10.1. The number of nitrogens with zero attached hydrogens (tertiary/aromatic N) is 1. The molecular formula is C15H11BrClNO2. The Morgan fingerprint density at radius 2 is 2.05 bits per heavy atom. The fraction of sp³-hybridized carbons (Fsp3) is 0.133. The van der Waals surface area contributed by atoms with E-state index in [0.717, 1.165) is 10.0 Å². The van der Waals surface area contributed by atoms with E-state index in [9.17, 15) is 5.11 Å². The van der Waals surface area contributed by atoms with Crippen LogP contribution in [-0.4, -0.2) is 5.11 Å². The van der Waals surface area contributed by atoms with E-state index in [1.165, 1.54) is 0 Å². The molecule has 0 bridgehead atoms. The maximum Gasteiger partial charge on any atom is 0.139 e. The lowest BCUT2D eigenvalue weighted by Crippen LogP contribution is -2.00. The number of hydrogen-bond acceptors (Lipinski definition) is 3. The second kappa shape index (κ2) is 6.76. The molecule has 20 heavy (non-hydrogen) atoms. The van der Waals surface area contributed by atoms with E-state index in [1.54, 1.807) is 24.3 Å². The minimum absolute atomic E-state index is 0.101. The molecule has 102 valence electrons. The number of nitriles is 1. The highest BCUT2D eigenvalue weighted by Gasteiger charge is 2.09. The van der Waals surface area contributed by atoms with Crippen LogP contribution in [0.2, 0.25) is 5.02 Å². The van der Waals surface area contributed by atoms with Gasteiger partial charge in [-0.2, -0.15) is 5.26 Å². The van der Waals surface area contributed by atoms with Gasteiger partial charge in [-0.25, -0.2) is 0 Å². The Hall–Kier alpha value is -1.54. The number of para-hydroxylation sites is 1. The number of benzene rings is 2. The fourth-order valence-corrected chi connectivity index (χ4v) is 2.48. The topological polar surface area (TPSA) is 53.2 Å². The first-order valence-corrected chi connectivity index (χ1v) is 7.02. The van der Waals surface area contributed by atoms with Crippen LogP contribution in [0.1, 0.15) is 16.7 Å². The molecule has 1 N–H and O–H groups in total. The Labute approximate surface area is 130 Å². The van der Waals surface area contributed by atoms with E-state index in [4.69, 9.17) is 21.6 Å². The first-order chi connectivity index (χ1) is 9.65. The lowest BCUT2D eigenvalue weighted by atomic mass is 10.1. The van der Waals surface area contributed by atoms with Crippen molar-refractivity contribution in [1.29, 1.82) is 5.26 Å². The van der Waals surface area contributed by atoms with Gasteiger partial charge in [0.15, 0.2) is 0 Å². The first-order valence-electron chi connectivity index (χ1n) is 5.85. The van der Waals surface area contributed by atoms with Crippen LogP contribution < -0.4 is 4.74 Å². The number of ether oxygens (including phenoxy) is 1. The Balaban J connectivity index is 2.19. The summed E-state index contributed by atoms with van der Waals surface area (Å²) in [4.78, 5) is 0. The van der Waals surface area contributed by atoms with Gasteiger partial charge >= 0.3 is 0 Å². The van der Waals surface area contributed by atoms with Crippen LogP contribution in [0.4, 0.5) is 0 Å². The molecule has 2 rings (SSSR count). The Morgan fingerprint density at radius 1 is 1.25 bits per heavy atom. The Morgan fingerprint density at radius 3 is 2.70 bits per heavy atom. The predicted molar refractivity (Wildman–Crippen MR) is 80.6 cm³/mol. The van der Waals surface area contributed by atoms with Crippen LogP contribution in [0.25, 0.3) is 0 Å². The molecule has 2 aromatic carbocycles. The van der Waals surface area contributed by atoms with E-state index in [2.05, 4.69) is 15.9 Å². The van der Waals surface area contributed by atoms with Crippen molar-refractivity contribution < 1.29 is 9.84 Å². The molecule has 0 spiro atoms. The van der Waals surface area contributed by atoms with Crippen LogP contribution in [-0.2, 0) is 13.2 Å². The molecule has 0 amide bonds. The largest absolute Gasteiger partial charge is 0.487 e. The van der Waals surface area contributed by atoms with E-state index < -0.39 is 0 Å². The van der Waals surface area contributed by atoms with Crippen molar-refractivity contribution in [1.82, 2.24) is 0 Å². The maximum absolute atomic E-state index is 9.30. The third-order valence-electron chi connectivity index (χ3n) is 2.77. The zero-order valence-electron chi connectivity index (χ0n) is 10.4. The summed E-state index contributed by atoms with van der Waals surface area (Å²) in [6, 6.07) is 12.6. The minimum Gasteiger partial charge on any atom is -0.487 e. The van der Waals surface area contributed by atoms with Gasteiger partial charge in [-0.15, -0.1) is 0 Å². The monoisotopic (exact) mass is 351 g/mol. The molecule has 0 aliphatic carbocycles. The Kier molecular flexibility index (Phi) is 5.02. The van der Waals surface area contributed by atoms with E-state index in [-0.39, 0.29) is 13.2 Å². The minimum atomic E-state index is -0.101. The molecule has 0 heterocycles. The summed E-state index contributed by atoms with van der Waals surface area (Å²) in [5, 5.41) is 18.6. The van der Waals surface area contributed by atoms with E-state index >= 15 is 0 Å². The van der Waals surface area contributed by atoms with Crippen LogP contribution in [0.5, 0.6) is 5.75 Å². The van der Waals surface area contributed by atoms with Crippen molar-refractivity contribution in [2.45, 2.75) is 13.2 Å². The summed E-state index contributed by atoms with van der Waals surface area (Å²) < 4.78 is 6.50. The van der Waals surface area contributed by atoms with Crippen molar-refractivity contribution in [2.24, 2.45) is 0 Å². The summed E-state index contributed by atoms with van der Waals surface area (Å²) in [6.07, 6.45) is 0. The van der Waals surface area contributed by atoms with Crippen molar-refractivity contribution in [3.8, 4) is 11.8 Å². The highest BCUT2D eigenvalue weighted by molar-refractivity contribution is 9.10. The smallest absolute Gasteiger partial charge is 0.139 e. The quantitative estimate of drug-likeness (QED) is 0.903. The molecule has 0 aliphatic rings. The second-order valence-corrected chi connectivity index (χ2v) is 5.35. The van der Waals surface area contributed by atoms with Gasteiger partial charge in [0.1, 0.15) is 12.4 Å². The molecule has 0 aliphatic heterocycles. The average molecular weight is 353 g/mol. The first kappa shape index (κ1) is 14.9. The van der Waals surface area contributed by atoms with Crippen LogP contribution in [0.15, 0.2) is 40.9 Å². The van der Waals surface area contributed by atoms with Crippen LogP contribution in [0.3, 0.4) is 0 Å². The second-order valence-electron chi connectivity index (χ2n) is 4.09. The van der Waals surface area contributed by atoms with Crippen LogP contribution >= 0.6 is 27.5 Å². The van der Waals surface area contributed by atoms with E-state index in [1.807, 2.05) is 18.2 Å². The van der Waals surface area contributed by atoms with Gasteiger partial charge in [-0.1, -0.05) is 29.8 Å². The van der Waals surface area contributed by atoms with Crippen molar-refractivity contribution >= 4 is 27.5 Å². The number of halogens is 2. The zero-order valence-corrected chi connectivity index (χ0v) is 12.8. The third-order valence-corrected chi connectivity index (χ3v) is 3.75. The van der Waals surface area contributed by atoms with Crippen molar-refractivity contribution in [2.75, 3.05) is 0 Å². The molecule has 0 radical (unpaired) electrons. The molecule has 3 nitrogen and oxygen atoms in total. The number of aliphatic hydroxyl groups is 1. The number of rotatable bonds is 4. The molecule has 0 atom stereocenters. The van der Waals surface area contributed by atoms with Gasteiger partial charge < -0.3 is 9.84 Å². The lowest BCUT2D eigenvalue weighted by Gasteiger charge is -2.13. The molecule has 0 saturated carbocycles. The molecule has 2 aromatic rings. The summed E-state index contributed by atoms with van der Waals surface area (Å²) in [7, 11) is 0. The highest BCUT2D eigenvalue weighted by Crippen LogP contribution is 2.30. The highest BCUT2D eigenvalue weighted by atomic mass is 79.9. The average Bonchev–Trinajstić information content (AvgIpc) is 2.46. The van der Waals surface area contributed by atoms with Crippen LogP contribution in [0, 0.1) is 11.3 Å². The van der Waals surface area contributed by atoms with Gasteiger partial charge in [0, 0.05) is 16.1 Å². The number of aliphatic hydroxyl groups excluding tert-OH is 1. The van der Waals surface area contributed by atoms with Gasteiger partial charge in [0.25, 0.3) is 0 Å². The van der Waals surface area contributed by atoms with Crippen molar-refractivity contribution in [3.63, 3.8) is 0 Å². The van der Waals surface area contributed by atoms with E-state index in [0.29, 0.717) is 21.9 Å². The molecule has 0 aromatic heterocycles.